The summed E-state index contributed by atoms with van der Waals surface area (Å²) in [5, 5.41) is 22.8. The Labute approximate surface area is 171 Å². The molecule has 0 aromatic carbocycles. The second-order valence-electron chi connectivity index (χ2n) is 10.3. The SMILES string of the molecule is C=C(C)C1[C@H]2[C@@]3(CC[C@H](OCOC)[C@@]2(C)C(=O)O3)[C@@H]2CC[C@@]3(O)C(=C)C[C@@]12[C@@H]3O. The fourth-order valence-electron chi connectivity index (χ4n) is 8.44. The normalized spacial score (nSPS) is 54.9. The lowest BCUT2D eigenvalue weighted by Crippen LogP contribution is -2.56. The van der Waals surface area contributed by atoms with Crippen molar-refractivity contribution in [3.05, 3.63) is 24.3 Å². The van der Waals surface area contributed by atoms with Crippen LogP contribution < -0.4 is 0 Å². The number of methoxy groups -OCH3 is 1. The predicted octanol–water partition coefficient (Wildman–Crippen LogP) is 2.34. The third-order valence-electron chi connectivity index (χ3n) is 9.34. The standard InChI is InChI=1S/C23H32O6/c1-12(2)16-17-20(4)15(28-11-27-5)7-9-23(17,29-19(20)25)14-6-8-22(26)13(3)10-21(14,16)18(22)24/h14-18,24,26H,1,3,6-11H2,2,4-5H3/t14-,15+,16?,17-,18+,20-,21+,22-,23-/m1/s1. The van der Waals surface area contributed by atoms with Gasteiger partial charge in [-0.2, -0.15) is 0 Å². The second kappa shape index (κ2) is 5.72. The first-order valence-electron chi connectivity index (χ1n) is 10.7. The maximum absolute atomic E-state index is 13.3. The number of esters is 1. The molecule has 1 saturated heterocycles. The van der Waals surface area contributed by atoms with Gasteiger partial charge in [0.25, 0.3) is 0 Å². The molecule has 0 aromatic rings. The lowest BCUT2D eigenvalue weighted by molar-refractivity contribution is -0.178. The number of aliphatic hydroxyl groups is 2. The third kappa shape index (κ3) is 1.91. The molecule has 2 N–H and O–H groups in total. The van der Waals surface area contributed by atoms with Crippen LogP contribution in [0.25, 0.3) is 0 Å². The monoisotopic (exact) mass is 404 g/mol. The smallest absolute Gasteiger partial charge is 0.315 e. The van der Waals surface area contributed by atoms with Crippen molar-refractivity contribution in [1.29, 1.82) is 0 Å². The Morgan fingerprint density at radius 1 is 1.34 bits per heavy atom. The Morgan fingerprint density at radius 2 is 2.07 bits per heavy atom. The first kappa shape index (κ1) is 19.7. The van der Waals surface area contributed by atoms with E-state index in [1.807, 2.05) is 13.8 Å². The number of allylic oxidation sites excluding steroid dienone is 1. The van der Waals surface area contributed by atoms with E-state index in [0.717, 1.165) is 5.57 Å². The fourth-order valence-corrected chi connectivity index (χ4v) is 8.44. The molecular weight excluding hydrogens is 372 g/mol. The summed E-state index contributed by atoms with van der Waals surface area (Å²) in [6.45, 7) is 12.5. The van der Waals surface area contributed by atoms with Crippen LogP contribution in [0.2, 0.25) is 0 Å². The quantitative estimate of drug-likeness (QED) is 0.425. The van der Waals surface area contributed by atoms with Gasteiger partial charge in [0.05, 0.1) is 17.6 Å². The van der Waals surface area contributed by atoms with Crippen LogP contribution in [0.1, 0.15) is 46.0 Å². The molecule has 4 bridgehead atoms. The first-order valence-corrected chi connectivity index (χ1v) is 10.7. The van der Waals surface area contributed by atoms with E-state index in [0.29, 0.717) is 37.7 Å². The largest absolute Gasteiger partial charge is 0.458 e. The molecule has 5 aliphatic rings. The van der Waals surface area contributed by atoms with Crippen molar-refractivity contribution in [2.45, 2.75) is 69.4 Å². The minimum atomic E-state index is -1.26. The van der Waals surface area contributed by atoms with Gasteiger partial charge < -0.3 is 24.4 Å². The Hall–Kier alpha value is -1.21. The highest BCUT2D eigenvalue weighted by atomic mass is 16.7. The van der Waals surface area contributed by atoms with Crippen molar-refractivity contribution in [3.8, 4) is 0 Å². The van der Waals surface area contributed by atoms with E-state index in [9.17, 15) is 15.0 Å². The van der Waals surface area contributed by atoms with E-state index in [2.05, 4.69) is 13.2 Å². The first-order chi connectivity index (χ1) is 13.6. The molecule has 5 fully saturated rings. The van der Waals surface area contributed by atoms with E-state index in [4.69, 9.17) is 14.2 Å². The lowest BCUT2D eigenvalue weighted by Gasteiger charge is -2.49. The molecule has 0 aromatic heterocycles. The number of carbonyl (C=O) groups excluding carboxylic acids is 1. The summed E-state index contributed by atoms with van der Waals surface area (Å²) in [5.74, 6) is -0.540. The summed E-state index contributed by atoms with van der Waals surface area (Å²) in [6, 6.07) is 0. The van der Waals surface area contributed by atoms with Gasteiger partial charge in [-0.25, -0.2) is 0 Å². The van der Waals surface area contributed by atoms with Crippen molar-refractivity contribution in [2.75, 3.05) is 13.9 Å². The molecule has 5 rings (SSSR count). The highest BCUT2D eigenvalue weighted by Crippen LogP contribution is 2.79. The number of hydrogen-bond donors (Lipinski definition) is 2. The van der Waals surface area contributed by atoms with Crippen LogP contribution in [0, 0.1) is 28.6 Å². The highest BCUT2D eigenvalue weighted by Gasteiger charge is 2.85. The summed E-state index contributed by atoms with van der Waals surface area (Å²) in [7, 11) is 1.57. The van der Waals surface area contributed by atoms with Crippen LogP contribution in [0.15, 0.2) is 24.3 Å². The van der Waals surface area contributed by atoms with Crippen LogP contribution in [-0.4, -0.2) is 53.5 Å². The van der Waals surface area contributed by atoms with E-state index < -0.39 is 28.1 Å². The molecular formula is C23H32O6. The summed E-state index contributed by atoms with van der Waals surface area (Å²) < 4.78 is 17.4. The average Bonchev–Trinajstić information content (AvgIpc) is 3.03. The van der Waals surface area contributed by atoms with Gasteiger partial charge in [0.2, 0.25) is 0 Å². The van der Waals surface area contributed by atoms with E-state index in [1.54, 1.807) is 7.11 Å². The number of aliphatic hydroxyl groups excluding tert-OH is 1. The van der Waals surface area contributed by atoms with Gasteiger partial charge in [-0.1, -0.05) is 18.7 Å². The number of hydrogen-bond acceptors (Lipinski definition) is 6. The molecule has 1 spiro atoms. The molecule has 4 aliphatic carbocycles. The Balaban J connectivity index is 1.70. The Morgan fingerprint density at radius 3 is 2.72 bits per heavy atom. The fraction of sp³-hybridized carbons (Fsp3) is 0.783. The van der Waals surface area contributed by atoms with Crippen molar-refractivity contribution in [2.24, 2.45) is 28.6 Å². The van der Waals surface area contributed by atoms with Crippen LogP contribution in [-0.2, 0) is 19.0 Å². The molecule has 160 valence electrons. The molecule has 6 heteroatoms. The van der Waals surface area contributed by atoms with Gasteiger partial charge in [0.15, 0.2) is 0 Å². The van der Waals surface area contributed by atoms with Gasteiger partial charge in [-0.05, 0) is 57.4 Å². The van der Waals surface area contributed by atoms with Gasteiger partial charge in [0, 0.05) is 24.4 Å². The van der Waals surface area contributed by atoms with Crippen LogP contribution in [0.4, 0.5) is 0 Å². The zero-order valence-corrected chi connectivity index (χ0v) is 17.6. The number of rotatable bonds is 4. The third-order valence-corrected chi connectivity index (χ3v) is 9.34. The van der Waals surface area contributed by atoms with Gasteiger partial charge in [0.1, 0.15) is 18.0 Å². The van der Waals surface area contributed by atoms with Crippen molar-refractivity contribution < 1.29 is 29.2 Å². The molecule has 29 heavy (non-hydrogen) atoms. The average molecular weight is 405 g/mol. The van der Waals surface area contributed by atoms with Gasteiger partial charge in [-0.15, -0.1) is 0 Å². The zero-order valence-electron chi connectivity index (χ0n) is 17.6. The summed E-state index contributed by atoms with van der Waals surface area (Å²) >= 11 is 0. The van der Waals surface area contributed by atoms with Crippen molar-refractivity contribution in [1.82, 2.24) is 0 Å². The van der Waals surface area contributed by atoms with E-state index in [-0.39, 0.29) is 36.6 Å². The van der Waals surface area contributed by atoms with Crippen LogP contribution in [0.3, 0.4) is 0 Å². The Kier molecular flexibility index (Phi) is 3.90. The summed E-state index contributed by atoms with van der Waals surface area (Å²) in [5.41, 5.74) is -1.71. The summed E-state index contributed by atoms with van der Waals surface area (Å²) in [4.78, 5) is 13.3. The molecule has 4 saturated carbocycles. The molecule has 0 amide bonds. The zero-order chi connectivity index (χ0) is 21.0. The lowest BCUT2D eigenvalue weighted by atomic mass is 9.57. The van der Waals surface area contributed by atoms with Gasteiger partial charge in [-0.3, -0.25) is 4.79 Å². The highest BCUT2D eigenvalue weighted by molar-refractivity contribution is 5.82. The van der Waals surface area contributed by atoms with E-state index >= 15 is 0 Å². The molecule has 0 radical (unpaired) electrons. The number of fused-ring (bicyclic) bond motifs is 1. The topological polar surface area (TPSA) is 85.2 Å². The van der Waals surface area contributed by atoms with Gasteiger partial charge >= 0.3 is 5.97 Å². The molecule has 1 unspecified atom stereocenters. The predicted molar refractivity (Wildman–Crippen MR) is 105 cm³/mol. The second-order valence-corrected chi connectivity index (χ2v) is 10.3. The maximum atomic E-state index is 13.3. The summed E-state index contributed by atoms with van der Waals surface area (Å²) in [6.07, 6.45) is 1.87. The minimum absolute atomic E-state index is 0.0228. The molecule has 6 nitrogen and oxygen atoms in total. The van der Waals surface area contributed by atoms with Crippen molar-refractivity contribution in [3.63, 3.8) is 0 Å². The Bertz CT molecular complexity index is 807. The minimum Gasteiger partial charge on any atom is -0.458 e. The molecule has 1 heterocycles. The van der Waals surface area contributed by atoms with Crippen molar-refractivity contribution >= 4 is 5.97 Å². The molecule has 9 atom stereocenters. The molecule has 1 aliphatic heterocycles. The van der Waals surface area contributed by atoms with Crippen LogP contribution in [0.5, 0.6) is 0 Å². The number of ether oxygens (including phenoxy) is 3. The maximum Gasteiger partial charge on any atom is 0.315 e. The van der Waals surface area contributed by atoms with Crippen LogP contribution >= 0.6 is 0 Å². The van der Waals surface area contributed by atoms with E-state index in [1.165, 1.54) is 0 Å². The number of carbonyl (C=O) groups is 1.